The highest BCUT2D eigenvalue weighted by molar-refractivity contribution is 5.83. The molecule has 1 aromatic carbocycles. The van der Waals surface area contributed by atoms with Crippen molar-refractivity contribution < 1.29 is 14.3 Å². The standard InChI is InChI=1S/C25H35NO3/c1-17(8-9-19-6-4-3-5-7-19)26-24(28)18(2)29-23(27)16-25-13-20-10-21(14-25)12-22(11-20)15-25/h3-7,17-18,20-22H,8-16H2,1-2H3,(H,26,28)/t17-,18-,20?,21?,22?,25?/m1/s1. The summed E-state index contributed by atoms with van der Waals surface area (Å²) in [5.74, 6) is 2.08. The Morgan fingerprint density at radius 1 is 1.03 bits per heavy atom. The van der Waals surface area contributed by atoms with Gasteiger partial charge in [0.25, 0.3) is 5.91 Å². The van der Waals surface area contributed by atoms with Crippen molar-refractivity contribution in [1.82, 2.24) is 5.32 Å². The topological polar surface area (TPSA) is 55.4 Å². The van der Waals surface area contributed by atoms with Crippen molar-refractivity contribution in [2.45, 2.75) is 83.8 Å². The van der Waals surface area contributed by atoms with Gasteiger partial charge in [-0.2, -0.15) is 0 Å². The van der Waals surface area contributed by atoms with Crippen LogP contribution in [0, 0.1) is 23.2 Å². The Morgan fingerprint density at radius 2 is 1.62 bits per heavy atom. The molecule has 4 aliphatic rings. The van der Waals surface area contributed by atoms with Gasteiger partial charge in [-0.1, -0.05) is 30.3 Å². The zero-order chi connectivity index (χ0) is 20.4. The molecule has 4 bridgehead atoms. The van der Waals surface area contributed by atoms with E-state index in [0.717, 1.165) is 30.6 Å². The van der Waals surface area contributed by atoms with Crippen molar-refractivity contribution in [3.05, 3.63) is 35.9 Å². The molecule has 4 saturated carbocycles. The predicted molar refractivity (Wildman–Crippen MR) is 113 cm³/mol. The molecule has 0 heterocycles. The molecule has 5 rings (SSSR count). The second-order valence-corrected chi connectivity index (χ2v) is 10.2. The second-order valence-electron chi connectivity index (χ2n) is 10.2. The molecular weight excluding hydrogens is 362 g/mol. The monoisotopic (exact) mass is 397 g/mol. The van der Waals surface area contributed by atoms with E-state index in [0.29, 0.717) is 6.42 Å². The third-order valence-electron chi connectivity index (χ3n) is 7.46. The van der Waals surface area contributed by atoms with E-state index in [1.165, 1.54) is 44.1 Å². The van der Waals surface area contributed by atoms with Crippen molar-refractivity contribution in [3.8, 4) is 0 Å². The van der Waals surface area contributed by atoms with Crippen LogP contribution in [0.5, 0.6) is 0 Å². The van der Waals surface area contributed by atoms with Gasteiger partial charge in [0.05, 0.1) is 6.42 Å². The van der Waals surface area contributed by atoms with Crippen molar-refractivity contribution in [1.29, 1.82) is 0 Å². The maximum Gasteiger partial charge on any atom is 0.307 e. The molecule has 1 amide bonds. The van der Waals surface area contributed by atoms with Crippen LogP contribution in [0.3, 0.4) is 0 Å². The quantitative estimate of drug-likeness (QED) is 0.649. The SMILES string of the molecule is C[C@H](CCc1ccccc1)NC(=O)[C@@H](C)OC(=O)CC12CC3CC(CC(C3)C1)C2. The summed E-state index contributed by atoms with van der Waals surface area (Å²) in [5, 5.41) is 3.00. The Balaban J connectivity index is 1.22. The van der Waals surface area contributed by atoms with E-state index in [1.54, 1.807) is 6.92 Å². The number of aryl methyl sites for hydroxylation is 1. The first kappa shape index (κ1) is 20.4. The number of hydrogen-bond donors (Lipinski definition) is 1. The van der Waals surface area contributed by atoms with Gasteiger partial charge in [0, 0.05) is 6.04 Å². The number of nitrogens with one attached hydrogen (secondary N) is 1. The predicted octanol–water partition coefficient (Wildman–Crippen LogP) is 4.66. The molecule has 0 aliphatic heterocycles. The minimum Gasteiger partial charge on any atom is -0.453 e. The van der Waals surface area contributed by atoms with E-state index >= 15 is 0 Å². The summed E-state index contributed by atoms with van der Waals surface area (Å²) in [6, 6.07) is 10.3. The highest BCUT2D eigenvalue weighted by atomic mass is 16.5. The molecule has 0 spiro atoms. The van der Waals surface area contributed by atoms with Crippen molar-refractivity contribution in [2.75, 3.05) is 0 Å². The maximum atomic E-state index is 12.6. The molecule has 4 aliphatic carbocycles. The Hall–Kier alpha value is -1.84. The van der Waals surface area contributed by atoms with Crippen LogP contribution < -0.4 is 5.32 Å². The third kappa shape index (κ3) is 5.02. The highest BCUT2D eigenvalue weighted by Gasteiger charge is 2.51. The molecule has 0 aromatic heterocycles. The molecule has 1 N–H and O–H groups in total. The first-order valence-corrected chi connectivity index (χ1v) is 11.4. The van der Waals surface area contributed by atoms with E-state index < -0.39 is 6.10 Å². The van der Waals surface area contributed by atoms with Crippen LogP contribution in [-0.2, 0) is 20.7 Å². The summed E-state index contributed by atoms with van der Waals surface area (Å²) in [4.78, 5) is 25.1. The molecule has 4 fully saturated rings. The van der Waals surface area contributed by atoms with Gasteiger partial charge in [-0.05, 0) is 93.9 Å². The Labute approximate surface area is 174 Å². The fourth-order valence-corrected chi connectivity index (χ4v) is 6.57. The lowest BCUT2D eigenvalue weighted by Gasteiger charge is -2.56. The van der Waals surface area contributed by atoms with Gasteiger partial charge in [0.2, 0.25) is 0 Å². The summed E-state index contributed by atoms with van der Waals surface area (Å²) in [5.41, 5.74) is 1.43. The van der Waals surface area contributed by atoms with Gasteiger partial charge in [0.15, 0.2) is 6.10 Å². The molecular formula is C25H35NO3. The van der Waals surface area contributed by atoms with Gasteiger partial charge >= 0.3 is 5.97 Å². The number of hydrogen-bond acceptors (Lipinski definition) is 3. The maximum absolute atomic E-state index is 12.6. The van der Waals surface area contributed by atoms with Crippen LogP contribution in [-0.4, -0.2) is 24.0 Å². The van der Waals surface area contributed by atoms with Crippen LogP contribution in [0.15, 0.2) is 30.3 Å². The minimum atomic E-state index is -0.726. The fourth-order valence-electron chi connectivity index (χ4n) is 6.57. The fraction of sp³-hybridized carbons (Fsp3) is 0.680. The van der Waals surface area contributed by atoms with Crippen molar-refractivity contribution in [3.63, 3.8) is 0 Å². The number of amides is 1. The normalized spacial score (nSPS) is 31.9. The van der Waals surface area contributed by atoms with E-state index in [2.05, 4.69) is 17.4 Å². The zero-order valence-electron chi connectivity index (χ0n) is 17.9. The smallest absolute Gasteiger partial charge is 0.307 e. The number of rotatable bonds is 8. The van der Waals surface area contributed by atoms with E-state index in [1.807, 2.05) is 25.1 Å². The van der Waals surface area contributed by atoms with Crippen molar-refractivity contribution >= 4 is 11.9 Å². The van der Waals surface area contributed by atoms with Gasteiger partial charge in [-0.3, -0.25) is 9.59 Å². The number of carbonyl (C=O) groups is 2. The van der Waals surface area contributed by atoms with Crippen LogP contribution in [0.1, 0.15) is 70.8 Å². The van der Waals surface area contributed by atoms with E-state index in [9.17, 15) is 9.59 Å². The number of benzene rings is 1. The molecule has 1 aromatic rings. The number of carbonyl (C=O) groups excluding carboxylic acids is 2. The second kappa shape index (κ2) is 8.49. The van der Waals surface area contributed by atoms with Crippen LogP contribution >= 0.6 is 0 Å². The lowest BCUT2D eigenvalue weighted by Crippen LogP contribution is -2.47. The van der Waals surface area contributed by atoms with Gasteiger partial charge in [-0.25, -0.2) is 0 Å². The molecule has 0 unspecified atom stereocenters. The third-order valence-corrected chi connectivity index (χ3v) is 7.46. The molecule has 2 atom stereocenters. The zero-order valence-corrected chi connectivity index (χ0v) is 17.9. The Morgan fingerprint density at radius 3 is 2.21 bits per heavy atom. The number of ether oxygens (including phenoxy) is 1. The molecule has 4 nitrogen and oxygen atoms in total. The molecule has 29 heavy (non-hydrogen) atoms. The lowest BCUT2D eigenvalue weighted by molar-refractivity contribution is -0.161. The molecule has 4 heteroatoms. The molecule has 158 valence electrons. The summed E-state index contributed by atoms with van der Waals surface area (Å²) in [6.45, 7) is 3.70. The summed E-state index contributed by atoms with van der Waals surface area (Å²) in [6.07, 6.45) is 9.22. The lowest BCUT2D eigenvalue weighted by atomic mass is 9.49. The molecule has 0 saturated heterocycles. The average Bonchev–Trinajstić information content (AvgIpc) is 2.65. The van der Waals surface area contributed by atoms with Crippen LogP contribution in [0.25, 0.3) is 0 Å². The summed E-state index contributed by atoms with van der Waals surface area (Å²) >= 11 is 0. The number of esters is 1. The van der Waals surface area contributed by atoms with Gasteiger partial charge < -0.3 is 10.1 Å². The summed E-state index contributed by atoms with van der Waals surface area (Å²) in [7, 11) is 0. The Kier molecular flexibility index (Phi) is 5.98. The summed E-state index contributed by atoms with van der Waals surface area (Å²) < 4.78 is 5.56. The van der Waals surface area contributed by atoms with Gasteiger partial charge in [0.1, 0.15) is 0 Å². The Bertz CT molecular complexity index is 694. The van der Waals surface area contributed by atoms with Crippen LogP contribution in [0.2, 0.25) is 0 Å². The van der Waals surface area contributed by atoms with Gasteiger partial charge in [-0.15, -0.1) is 0 Å². The van der Waals surface area contributed by atoms with Crippen LogP contribution in [0.4, 0.5) is 0 Å². The average molecular weight is 398 g/mol. The first-order chi connectivity index (χ1) is 13.9. The highest BCUT2D eigenvalue weighted by Crippen LogP contribution is 2.61. The van der Waals surface area contributed by atoms with E-state index in [4.69, 9.17) is 4.74 Å². The first-order valence-electron chi connectivity index (χ1n) is 11.4. The van der Waals surface area contributed by atoms with Crippen molar-refractivity contribution in [2.24, 2.45) is 23.2 Å². The largest absolute Gasteiger partial charge is 0.453 e. The van der Waals surface area contributed by atoms with E-state index in [-0.39, 0.29) is 23.3 Å². The molecule has 0 radical (unpaired) electrons. The minimum absolute atomic E-state index is 0.0482.